The van der Waals surface area contributed by atoms with Crippen molar-refractivity contribution < 1.29 is 9.47 Å². The van der Waals surface area contributed by atoms with Crippen LogP contribution in [-0.2, 0) is 9.47 Å². The fourth-order valence-corrected chi connectivity index (χ4v) is 3.71. The number of nitriles is 1. The average Bonchev–Trinajstić information content (AvgIpc) is 2.83. The van der Waals surface area contributed by atoms with Gasteiger partial charge < -0.3 is 9.47 Å². The van der Waals surface area contributed by atoms with Crippen LogP contribution in [0.25, 0.3) is 0 Å². The van der Waals surface area contributed by atoms with Gasteiger partial charge in [-0.1, -0.05) is 26.2 Å². The highest BCUT2D eigenvalue weighted by molar-refractivity contribution is 4.90. The molecule has 0 N–H and O–H groups in total. The molecule has 1 heterocycles. The lowest BCUT2D eigenvalue weighted by molar-refractivity contribution is -0.196. The van der Waals surface area contributed by atoms with Gasteiger partial charge >= 0.3 is 0 Å². The number of ether oxygens (including phenoxy) is 2. The van der Waals surface area contributed by atoms with Gasteiger partial charge in [0.15, 0.2) is 6.29 Å². The monoisotopic (exact) mass is 279 g/mol. The van der Waals surface area contributed by atoms with Crippen molar-refractivity contribution >= 4 is 0 Å². The van der Waals surface area contributed by atoms with Crippen LogP contribution < -0.4 is 0 Å². The molecule has 20 heavy (non-hydrogen) atoms. The SMILES string of the molecule is CCCCC[C@H]1[C@@H](CC#N)CC[C@H]1OC1CCCCO1. The number of hydrogen-bond acceptors (Lipinski definition) is 3. The zero-order valence-electron chi connectivity index (χ0n) is 12.9. The van der Waals surface area contributed by atoms with Crippen molar-refractivity contribution in [1.82, 2.24) is 0 Å². The molecule has 0 aromatic rings. The molecule has 3 heteroatoms. The Bertz CT molecular complexity index is 307. The van der Waals surface area contributed by atoms with Gasteiger partial charge in [-0.2, -0.15) is 5.26 Å². The molecular weight excluding hydrogens is 250 g/mol. The molecule has 2 rings (SSSR count). The minimum atomic E-state index is 0.0169. The van der Waals surface area contributed by atoms with E-state index in [9.17, 15) is 0 Å². The first kappa shape index (κ1) is 15.8. The summed E-state index contributed by atoms with van der Waals surface area (Å²) >= 11 is 0. The molecule has 3 nitrogen and oxygen atoms in total. The summed E-state index contributed by atoms with van der Waals surface area (Å²) in [5.74, 6) is 1.12. The molecule has 0 aromatic carbocycles. The summed E-state index contributed by atoms with van der Waals surface area (Å²) in [6, 6.07) is 2.37. The van der Waals surface area contributed by atoms with Crippen molar-refractivity contribution in [1.29, 1.82) is 5.26 Å². The molecule has 2 aliphatic rings. The quantitative estimate of drug-likeness (QED) is 0.648. The Hall–Kier alpha value is -0.590. The van der Waals surface area contributed by atoms with Gasteiger partial charge in [0.05, 0.1) is 12.2 Å². The molecule has 114 valence electrons. The second-order valence-electron chi connectivity index (χ2n) is 6.33. The molecule has 0 radical (unpaired) electrons. The molecule has 4 atom stereocenters. The summed E-state index contributed by atoms with van der Waals surface area (Å²) in [5, 5.41) is 9.01. The van der Waals surface area contributed by atoms with Crippen LogP contribution in [-0.4, -0.2) is 19.0 Å². The van der Waals surface area contributed by atoms with Crippen LogP contribution in [0.3, 0.4) is 0 Å². The molecular formula is C17H29NO2. The maximum atomic E-state index is 9.01. The van der Waals surface area contributed by atoms with E-state index >= 15 is 0 Å². The van der Waals surface area contributed by atoms with Gasteiger partial charge in [0.25, 0.3) is 0 Å². The van der Waals surface area contributed by atoms with Crippen LogP contribution in [0, 0.1) is 23.2 Å². The largest absolute Gasteiger partial charge is 0.353 e. The van der Waals surface area contributed by atoms with Gasteiger partial charge in [-0.05, 0) is 50.4 Å². The van der Waals surface area contributed by atoms with Gasteiger partial charge in [-0.15, -0.1) is 0 Å². The predicted molar refractivity (Wildman–Crippen MR) is 79.1 cm³/mol. The lowest BCUT2D eigenvalue weighted by atomic mass is 9.87. The summed E-state index contributed by atoms with van der Waals surface area (Å²) < 4.78 is 12.0. The van der Waals surface area contributed by atoms with Gasteiger partial charge in [0, 0.05) is 13.0 Å². The Morgan fingerprint density at radius 1 is 1.20 bits per heavy atom. The van der Waals surface area contributed by atoms with Gasteiger partial charge in [0.2, 0.25) is 0 Å². The maximum absolute atomic E-state index is 9.01. The van der Waals surface area contributed by atoms with E-state index in [2.05, 4.69) is 13.0 Å². The summed E-state index contributed by atoms with van der Waals surface area (Å²) in [6.45, 7) is 3.09. The highest BCUT2D eigenvalue weighted by Crippen LogP contribution is 2.40. The second kappa shape index (κ2) is 8.64. The van der Waals surface area contributed by atoms with Crippen molar-refractivity contribution in [2.45, 2.75) is 83.5 Å². The van der Waals surface area contributed by atoms with Crippen LogP contribution >= 0.6 is 0 Å². The van der Waals surface area contributed by atoms with Crippen LogP contribution in [0.2, 0.25) is 0 Å². The van der Waals surface area contributed by atoms with Crippen LogP contribution in [0.1, 0.15) is 71.1 Å². The standard InChI is InChI=1S/C17H29NO2/c1-2-3-4-7-15-14(11-12-18)9-10-16(15)20-17-8-5-6-13-19-17/h14-17H,2-11,13H2,1H3/t14-,15+,16-,17?/m1/s1. The summed E-state index contributed by atoms with van der Waals surface area (Å²) in [6.07, 6.45) is 11.8. The van der Waals surface area contributed by atoms with E-state index in [0.29, 0.717) is 24.4 Å². The van der Waals surface area contributed by atoms with Crippen molar-refractivity contribution in [3.8, 4) is 6.07 Å². The van der Waals surface area contributed by atoms with Crippen LogP contribution in [0.5, 0.6) is 0 Å². The van der Waals surface area contributed by atoms with E-state index in [1.165, 1.54) is 38.5 Å². The molecule has 1 saturated carbocycles. The summed E-state index contributed by atoms with van der Waals surface area (Å²) in [7, 11) is 0. The fourth-order valence-electron chi connectivity index (χ4n) is 3.71. The zero-order chi connectivity index (χ0) is 14.2. The third-order valence-electron chi connectivity index (χ3n) is 4.86. The lowest BCUT2D eigenvalue weighted by Crippen LogP contribution is -2.31. The topological polar surface area (TPSA) is 42.2 Å². The van der Waals surface area contributed by atoms with Crippen molar-refractivity contribution in [2.24, 2.45) is 11.8 Å². The van der Waals surface area contributed by atoms with Gasteiger partial charge in [-0.3, -0.25) is 0 Å². The van der Waals surface area contributed by atoms with E-state index in [1.807, 2.05) is 0 Å². The first-order valence-corrected chi connectivity index (χ1v) is 8.49. The Labute approximate surface area is 123 Å². The number of rotatable bonds is 7. The summed E-state index contributed by atoms with van der Waals surface area (Å²) in [4.78, 5) is 0. The first-order chi connectivity index (χ1) is 9.85. The molecule has 0 bridgehead atoms. The number of nitrogens with zero attached hydrogens (tertiary/aromatic N) is 1. The smallest absolute Gasteiger partial charge is 0.157 e. The maximum Gasteiger partial charge on any atom is 0.157 e. The molecule has 1 saturated heterocycles. The van der Waals surface area contributed by atoms with Gasteiger partial charge in [0.1, 0.15) is 0 Å². The molecule has 1 aliphatic carbocycles. The number of hydrogen-bond donors (Lipinski definition) is 0. The van der Waals surface area contributed by atoms with Gasteiger partial charge in [-0.25, -0.2) is 0 Å². The molecule has 0 amide bonds. The third-order valence-corrected chi connectivity index (χ3v) is 4.86. The van der Waals surface area contributed by atoms with Crippen LogP contribution in [0.4, 0.5) is 0 Å². The van der Waals surface area contributed by atoms with E-state index in [4.69, 9.17) is 14.7 Å². The normalized spacial score (nSPS) is 34.0. The third kappa shape index (κ3) is 4.46. The molecule has 2 fully saturated rings. The minimum absolute atomic E-state index is 0.0169. The van der Waals surface area contributed by atoms with Crippen molar-refractivity contribution in [3.63, 3.8) is 0 Å². The molecule has 1 aliphatic heterocycles. The minimum Gasteiger partial charge on any atom is -0.353 e. The van der Waals surface area contributed by atoms with E-state index < -0.39 is 0 Å². The van der Waals surface area contributed by atoms with Crippen LogP contribution in [0.15, 0.2) is 0 Å². The Morgan fingerprint density at radius 3 is 2.80 bits per heavy atom. The predicted octanol–water partition coefficient (Wildman–Crippen LogP) is 4.42. The first-order valence-electron chi connectivity index (χ1n) is 8.49. The Balaban J connectivity index is 1.86. The highest BCUT2D eigenvalue weighted by atomic mass is 16.7. The van der Waals surface area contributed by atoms with Crippen molar-refractivity contribution in [3.05, 3.63) is 0 Å². The fraction of sp³-hybridized carbons (Fsp3) is 0.941. The molecule has 0 spiro atoms. The number of unbranched alkanes of at least 4 members (excludes halogenated alkanes) is 2. The Kier molecular flexibility index (Phi) is 6.82. The average molecular weight is 279 g/mol. The van der Waals surface area contributed by atoms with E-state index in [1.54, 1.807) is 0 Å². The zero-order valence-corrected chi connectivity index (χ0v) is 12.9. The van der Waals surface area contributed by atoms with E-state index in [-0.39, 0.29) is 6.29 Å². The Morgan fingerprint density at radius 2 is 2.10 bits per heavy atom. The molecule has 1 unspecified atom stereocenters. The highest BCUT2D eigenvalue weighted by Gasteiger charge is 2.37. The van der Waals surface area contributed by atoms with E-state index in [0.717, 1.165) is 25.9 Å². The summed E-state index contributed by atoms with van der Waals surface area (Å²) in [5.41, 5.74) is 0. The van der Waals surface area contributed by atoms with Crippen molar-refractivity contribution in [2.75, 3.05) is 6.61 Å². The second-order valence-corrected chi connectivity index (χ2v) is 6.33. The molecule has 0 aromatic heterocycles. The lowest BCUT2D eigenvalue weighted by Gasteiger charge is -2.30.